The monoisotopic (exact) mass is 306 g/mol. The number of hydrogen-bond donors (Lipinski definition) is 6. The molecule has 0 aliphatic heterocycles. The molecule has 1 aromatic heterocycles. The second-order valence-electron chi connectivity index (χ2n) is 4.59. The Hall–Kier alpha value is -1.23. The van der Waals surface area contributed by atoms with Gasteiger partial charge < -0.3 is 30.6 Å². The molecule has 9 heteroatoms. The van der Waals surface area contributed by atoms with Gasteiger partial charge in [-0.25, -0.2) is 4.39 Å². The van der Waals surface area contributed by atoms with Gasteiger partial charge in [0.15, 0.2) is 0 Å². The number of aliphatic hydroxyl groups is 6. The van der Waals surface area contributed by atoms with Crippen LogP contribution in [0, 0.1) is 0 Å². The van der Waals surface area contributed by atoms with Crippen LogP contribution in [0.4, 0.5) is 4.39 Å². The van der Waals surface area contributed by atoms with Gasteiger partial charge in [0.2, 0.25) is 0 Å². The van der Waals surface area contributed by atoms with Crippen LogP contribution in [-0.2, 0) is 6.42 Å². The summed E-state index contributed by atoms with van der Waals surface area (Å²) in [5.41, 5.74) is 0.180. The lowest BCUT2D eigenvalue weighted by Gasteiger charge is -2.21. The van der Waals surface area contributed by atoms with Crippen LogP contribution in [0.1, 0.15) is 17.5 Å². The van der Waals surface area contributed by atoms with Crippen LogP contribution >= 0.6 is 0 Å². The fraction of sp³-hybridized carbons (Fsp3) is 0.667. The van der Waals surface area contributed by atoms with Crippen molar-refractivity contribution in [3.8, 4) is 0 Å². The third-order valence-electron chi connectivity index (χ3n) is 2.94. The molecule has 0 fully saturated rings. The molecule has 1 rings (SSSR count). The van der Waals surface area contributed by atoms with Crippen LogP contribution in [0.15, 0.2) is 12.4 Å². The number of rotatable bonds is 8. The topological polar surface area (TPSA) is 147 Å². The molecule has 0 aromatic carbocycles. The standard InChI is InChI=1S/C12H19FN2O6/c13-7(4-16)9(18)1-6-2-15-8(3-14-6)11(20)12(21)10(19)5-17/h2-3,7,9-12,16-21H,1,4-5H2/t7-,9-,10+,11+,12+/m0/s1. The maximum Gasteiger partial charge on any atom is 0.149 e. The zero-order chi connectivity index (χ0) is 16.0. The summed E-state index contributed by atoms with van der Waals surface area (Å²) in [6.45, 7) is -1.54. The summed E-state index contributed by atoms with van der Waals surface area (Å²) < 4.78 is 13.0. The van der Waals surface area contributed by atoms with Crippen molar-refractivity contribution in [3.05, 3.63) is 23.8 Å². The van der Waals surface area contributed by atoms with Crippen molar-refractivity contribution in [2.24, 2.45) is 0 Å². The molecule has 120 valence electrons. The minimum absolute atomic E-state index is 0.0489. The molecular formula is C12H19FN2O6. The molecule has 0 bridgehead atoms. The van der Waals surface area contributed by atoms with E-state index in [1.54, 1.807) is 0 Å². The molecule has 0 aliphatic rings. The van der Waals surface area contributed by atoms with Crippen molar-refractivity contribution in [1.29, 1.82) is 0 Å². The number of nitrogens with zero attached hydrogens (tertiary/aromatic N) is 2. The van der Waals surface area contributed by atoms with Gasteiger partial charge >= 0.3 is 0 Å². The van der Waals surface area contributed by atoms with Crippen molar-refractivity contribution >= 4 is 0 Å². The number of alkyl halides is 1. The summed E-state index contributed by atoms with van der Waals surface area (Å²) >= 11 is 0. The van der Waals surface area contributed by atoms with Gasteiger partial charge in [0.05, 0.1) is 36.9 Å². The SMILES string of the molecule is OC[C@@H](O)[C@@H](O)[C@H](O)c1cnc(C[C@H](O)[C@@H](F)CO)cn1. The fourth-order valence-electron chi connectivity index (χ4n) is 1.58. The predicted molar refractivity (Wildman–Crippen MR) is 67.8 cm³/mol. The number of hydrogen-bond acceptors (Lipinski definition) is 8. The quantitative estimate of drug-likeness (QED) is 0.308. The molecule has 0 spiro atoms. The van der Waals surface area contributed by atoms with Crippen LogP contribution in [0.2, 0.25) is 0 Å². The van der Waals surface area contributed by atoms with Crippen molar-refractivity contribution in [2.45, 2.75) is 37.0 Å². The first-order chi connectivity index (χ1) is 9.90. The van der Waals surface area contributed by atoms with E-state index in [0.717, 1.165) is 6.20 Å². The Labute approximate surface area is 120 Å². The Morgan fingerprint density at radius 1 is 0.952 bits per heavy atom. The van der Waals surface area contributed by atoms with E-state index in [1.807, 2.05) is 0 Å². The highest BCUT2D eigenvalue weighted by atomic mass is 19.1. The van der Waals surface area contributed by atoms with E-state index < -0.39 is 43.8 Å². The van der Waals surface area contributed by atoms with Gasteiger partial charge in [-0.15, -0.1) is 0 Å². The van der Waals surface area contributed by atoms with Crippen LogP contribution in [-0.4, -0.2) is 78.3 Å². The Bertz CT molecular complexity index is 421. The highest BCUT2D eigenvalue weighted by Crippen LogP contribution is 2.16. The van der Waals surface area contributed by atoms with Gasteiger partial charge in [-0.3, -0.25) is 9.97 Å². The molecule has 0 amide bonds. The minimum Gasteiger partial charge on any atom is -0.394 e. The summed E-state index contributed by atoms with van der Waals surface area (Å²) in [6, 6.07) is 0. The second-order valence-corrected chi connectivity index (χ2v) is 4.59. The Morgan fingerprint density at radius 2 is 1.62 bits per heavy atom. The summed E-state index contributed by atoms with van der Waals surface area (Å²) in [7, 11) is 0. The van der Waals surface area contributed by atoms with Crippen LogP contribution < -0.4 is 0 Å². The molecule has 1 aromatic rings. The minimum atomic E-state index is -1.79. The van der Waals surface area contributed by atoms with Crippen molar-refractivity contribution in [3.63, 3.8) is 0 Å². The molecule has 1 heterocycles. The summed E-state index contributed by atoms with van der Waals surface area (Å²) in [5.74, 6) is 0. The number of aliphatic hydroxyl groups excluding tert-OH is 6. The first-order valence-electron chi connectivity index (χ1n) is 6.29. The average molecular weight is 306 g/mol. The van der Waals surface area contributed by atoms with E-state index in [4.69, 9.17) is 10.2 Å². The third-order valence-corrected chi connectivity index (χ3v) is 2.94. The van der Waals surface area contributed by atoms with E-state index in [9.17, 15) is 24.8 Å². The van der Waals surface area contributed by atoms with Crippen LogP contribution in [0.25, 0.3) is 0 Å². The van der Waals surface area contributed by atoms with E-state index in [1.165, 1.54) is 6.20 Å². The first kappa shape index (κ1) is 17.8. The van der Waals surface area contributed by atoms with Crippen molar-refractivity contribution in [2.75, 3.05) is 13.2 Å². The van der Waals surface area contributed by atoms with Crippen LogP contribution in [0.5, 0.6) is 0 Å². The zero-order valence-electron chi connectivity index (χ0n) is 11.1. The number of halogens is 1. The molecule has 0 saturated heterocycles. The molecule has 0 radical (unpaired) electrons. The average Bonchev–Trinajstić information content (AvgIpc) is 2.52. The second kappa shape index (κ2) is 8.27. The highest BCUT2D eigenvalue weighted by molar-refractivity contribution is 5.08. The first-order valence-corrected chi connectivity index (χ1v) is 6.29. The van der Waals surface area contributed by atoms with E-state index >= 15 is 0 Å². The molecule has 0 unspecified atom stereocenters. The molecule has 21 heavy (non-hydrogen) atoms. The van der Waals surface area contributed by atoms with Gasteiger partial charge in [0.1, 0.15) is 24.5 Å². The largest absolute Gasteiger partial charge is 0.394 e. The summed E-state index contributed by atoms with van der Waals surface area (Å²) in [4.78, 5) is 7.63. The smallest absolute Gasteiger partial charge is 0.149 e. The maximum atomic E-state index is 13.0. The molecule has 5 atom stereocenters. The molecule has 0 aliphatic carbocycles. The zero-order valence-corrected chi connectivity index (χ0v) is 11.1. The molecule has 6 N–H and O–H groups in total. The molecular weight excluding hydrogens is 287 g/mol. The van der Waals surface area contributed by atoms with Gasteiger partial charge in [-0.1, -0.05) is 0 Å². The van der Waals surface area contributed by atoms with Gasteiger partial charge in [-0.05, 0) is 0 Å². The predicted octanol–water partition coefficient (Wildman–Crippen LogP) is -2.54. The van der Waals surface area contributed by atoms with Crippen molar-refractivity contribution < 1.29 is 35.0 Å². The maximum absolute atomic E-state index is 13.0. The lowest BCUT2D eigenvalue weighted by Crippen LogP contribution is -2.35. The van der Waals surface area contributed by atoms with E-state index in [2.05, 4.69) is 9.97 Å². The Morgan fingerprint density at radius 3 is 2.10 bits per heavy atom. The normalized spacial score (nSPS) is 18.8. The Balaban J connectivity index is 2.69. The van der Waals surface area contributed by atoms with E-state index in [0.29, 0.717) is 0 Å². The lowest BCUT2D eigenvalue weighted by atomic mass is 10.1. The summed E-state index contributed by atoms with van der Waals surface area (Å²) in [6.07, 6.45) is -5.83. The van der Waals surface area contributed by atoms with Crippen LogP contribution in [0.3, 0.4) is 0 Å². The van der Waals surface area contributed by atoms with Gasteiger partial charge in [-0.2, -0.15) is 0 Å². The summed E-state index contributed by atoms with van der Waals surface area (Å²) in [5, 5.41) is 55.1. The Kier molecular flexibility index (Phi) is 7.02. The van der Waals surface area contributed by atoms with Gasteiger partial charge in [0, 0.05) is 12.6 Å². The van der Waals surface area contributed by atoms with E-state index in [-0.39, 0.29) is 17.8 Å². The van der Waals surface area contributed by atoms with Gasteiger partial charge in [0.25, 0.3) is 0 Å². The van der Waals surface area contributed by atoms with Crippen molar-refractivity contribution in [1.82, 2.24) is 9.97 Å². The fourth-order valence-corrected chi connectivity index (χ4v) is 1.58. The molecule has 8 nitrogen and oxygen atoms in total. The number of aromatic nitrogens is 2. The third kappa shape index (κ3) is 4.92. The molecule has 0 saturated carbocycles. The lowest BCUT2D eigenvalue weighted by molar-refractivity contribution is -0.0790. The highest BCUT2D eigenvalue weighted by Gasteiger charge is 2.27.